The number of nitrogens with one attached hydrogen (secondary N) is 1. The third-order valence-electron chi connectivity index (χ3n) is 8.07. The van der Waals surface area contributed by atoms with Gasteiger partial charge in [0.25, 0.3) is 0 Å². The summed E-state index contributed by atoms with van der Waals surface area (Å²) in [7, 11) is 0. The Hall–Kier alpha value is -1.39. The molecule has 3 unspecified atom stereocenters. The van der Waals surface area contributed by atoms with E-state index in [0.717, 1.165) is 62.7 Å². The lowest BCUT2D eigenvalue weighted by Gasteiger charge is -2.57. The molecule has 4 bridgehead atoms. The zero-order valence-corrected chi connectivity index (χ0v) is 15.7. The fourth-order valence-electron chi connectivity index (χ4n) is 7.32. The van der Waals surface area contributed by atoms with Crippen LogP contribution >= 0.6 is 0 Å². The van der Waals surface area contributed by atoms with Gasteiger partial charge in [0.2, 0.25) is 17.7 Å². The number of hydrogen-bond donors (Lipinski definition) is 1. The summed E-state index contributed by atoms with van der Waals surface area (Å²) in [6, 6.07) is -0.673. The zero-order chi connectivity index (χ0) is 18.1. The van der Waals surface area contributed by atoms with Crippen molar-refractivity contribution in [2.24, 2.45) is 29.6 Å². The number of imide groups is 1. The van der Waals surface area contributed by atoms with E-state index in [1.54, 1.807) is 6.92 Å². The molecule has 0 aromatic rings. The van der Waals surface area contributed by atoms with Crippen LogP contribution in [-0.4, -0.2) is 34.2 Å². The number of hydrogen-bond acceptors (Lipinski definition) is 3. The fourth-order valence-corrected chi connectivity index (χ4v) is 7.32. The van der Waals surface area contributed by atoms with Crippen LogP contribution < -0.4 is 5.32 Å². The first-order chi connectivity index (χ1) is 12.5. The van der Waals surface area contributed by atoms with Crippen LogP contribution in [0.4, 0.5) is 0 Å². The van der Waals surface area contributed by atoms with Crippen LogP contribution in [0, 0.1) is 29.6 Å². The van der Waals surface area contributed by atoms with E-state index in [9.17, 15) is 14.4 Å². The second-order valence-electron chi connectivity index (χ2n) is 9.91. The molecular formula is C21H30N2O3. The molecule has 5 nitrogen and oxygen atoms in total. The van der Waals surface area contributed by atoms with Crippen LogP contribution in [0.3, 0.4) is 0 Å². The minimum absolute atomic E-state index is 0.0708. The first-order valence-corrected chi connectivity index (χ1v) is 10.6. The largest absolute Gasteiger partial charge is 0.349 e. The molecule has 6 rings (SSSR count). The van der Waals surface area contributed by atoms with Gasteiger partial charge in [0.1, 0.15) is 6.04 Å². The number of likely N-dealkylation sites (tertiary alicyclic amines) is 1. The number of carbonyl (C=O) groups is 3. The summed E-state index contributed by atoms with van der Waals surface area (Å²) in [6.45, 7) is 1.74. The van der Waals surface area contributed by atoms with E-state index in [0.29, 0.717) is 0 Å². The maximum atomic E-state index is 13.1. The molecule has 6 fully saturated rings. The lowest BCUT2D eigenvalue weighted by molar-refractivity contribution is -0.149. The van der Waals surface area contributed by atoms with Gasteiger partial charge >= 0.3 is 0 Å². The van der Waals surface area contributed by atoms with Crippen molar-refractivity contribution in [1.29, 1.82) is 0 Å². The van der Waals surface area contributed by atoms with Gasteiger partial charge in [-0.15, -0.1) is 0 Å². The van der Waals surface area contributed by atoms with E-state index < -0.39 is 6.04 Å². The Bertz CT molecular complexity index is 598. The predicted octanol–water partition coefficient (Wildman–Crippen LogP) is 2.64. The Kier molecular flexibility index (Phi) is 3.74. The van der Waals surface area contributed by atoms with Gasteiger partial charge in [-0.05, 0) is 76.0 Å². The van der Waals surface area contributed by atoms with E-state index in [-0.39, 0.29) is 35.1 Å². The number of carbonyl (C=O) groups excluding carboxylic acids is 3. The molecule has 6 aliphatic rings. The minimum Gasteiger partial charge on any atom is -0.349 e. The van der Waals surface area contributed by atoms with Gasteiger partial charge in [-0.1, -0.05) is 12.8 Å². The van der Waals surface area contributed by atoms with Crippen LogP contribution in [0.15, 0.2) is 0 Å². The molecule has 1 saturated heterocycles. The zero-order valence-electron chi connectivity index (χ0n) is 15.7. The summed E-state index contributed by atoms with van der Waals surface area (Å²) in [5.74, 6) is 1.60. The number of amides is 3. The Morgan fingerprint density at radius 2 is 1.42 bits per heavy atom. The van der Waals surface area contributed by atoms with Gasteiger partial charge in [0, 0.05) is 5.54 Å². The Labute approximate surface area is 155 Å². The Morgan fingerprint density at radius 1 is 0.962 bits per heavy atom. The van der Waals surface area contributed by atoms with Gasteiger partial charge in [-0.2, -0.15) is 0 Å². The molecule has 1 N–H and O–H groups in total. The van der Waals surface area contributed by atoms with Gasteiger partial charge in [0.05, 0.1) is 11.8 Å². The molecule has 5 saturated carbocycles. The van der Waals surface area contributed by atoms with Gasteiger partial charge in [0.15, 0.2) is 0 Å². The molecule has 26 heavy (non-hydrogen) atoms. The molecule has 1 aliphatic heterocycles. The second-order valence-corrected chi connectivity index (χ2v) is 9.91. The SMILES string of the molecule is CC(C(=O)NC12CC3CC(CC(C3)C1)C2)N1C(=O)C2CCCCC2C1=O. The monoisotopic (exact) mass is 358 g/mol. The maximum absolute atomic E-state index is 13.1. The van der Waals surface area contributed by atoms with E-state index in [4.69, 9.17) is 0 Å². The molecule has 5 heteroatoms. The molecule has 0 aromatic carbocycles. The van der Waals surface area contributed by atoms with Gasteiger partial charge in [-0.3, -0.25) is 19.3 Å². The standard InChI is InChI=1S/C21H30N2O3/c1-12(23-19(25)16-4-2-3-5-17(16)20(23)26)18(24)22-21-9-13-6-14(10-21)8-15(7-13)11-21/h12-17H,2-11H2,1H3,(H,22,24). The van der Waals surface area contributed by atoms with E-state index >= 15 is 0 Å². The number of nitrogens with zero attached hydrogens (tertiary/aromatic N) is 1. The van der Waals surface area contributed by atoms with Crippen LogP contribution in [0.2, 0.25) is 0 Å². The highest BCUT2D eigenvalue weighted by atomic mass is 16.2. The molecular weight excluding hydrogens is 328 g/mol. The van der Waals surface area contributed by atoms with Crippen LogP contribution in [0.25, 0.3) is 0 Å². The smallest absolute Gasteiger partial charge is 0.243 e. The summed E-state index contributed by atoms with van der Waals surface area (Å²) in [5.41, 5.74) is -0.0708. The third-order valence-corrected chi connectivity index (χ3v) is 8.07. The summed E-state index contributed by atoms with van der Waals surface area (Å²) in [4.78, 5) is 39.9. The quantitative estimate of drug-likeness (QED) is 0.789. The van der Waals surface area contributed by atoms with Crippen LogP contribution in [0.5, 0.6) is 0 Å². The highest BCUT2D eigenvalue weighted by Crippen LogP contribution is 2.55. The number of fused-ring (bicyclic) bond motifs is 1. The molecule has 1 heterocycles. The highest BCUT2D eigenvalue weighted by molar-refractivity contribution is 6.08. The molecule has 3 amide bonds. The molecule has 0 radical (unpaired) electrons. The fraction of sp³-hybridized carbons (Fsp3) is 0.857. The number of rotatable bonds is 3. The van der Waals surface area contributed by atoms with Crippen molar-refractivity contribution < 1.29 is 14.4 Å². The summed E-state index contributed by atoms with van der Waals surface area (Å²) in [6.07, 6.45) is 10.9. The van der Waals surface area contributed by atoms with Crippen molar-refractivity contribution >= 4 is 17.7 Å². The van der Waals surface area contributed by atoms with Crippen molar-refractivity contribution in [3.63, 3.8) is 0 Å². The molecule has 0 aromatic heterocycles. The lowest BCUT2D eigenvalue weighted by atomic mass is 9.53. The maximum Gasteiger partial charge on any atom is 0.243 e. The summed E-state index contributed by atoms with van der Waals surface area (Å²) in [5, 5.41) is 3.34. The van der Waals surface area contributed by atoms with Crippen LogP contribution in [-0.2, 0) is 14.4 Å². The first-order valence-electron chi connectivity index (χ1n) is 10.6. The molecule has 0 spiro atoms. The minimum atomic E-state index is -0.673. The lowest BCUT2D eigenvalue weighted by Crippen LogP contribution is -2.62. The molecule has 5 aliphatic carbocycles. The van der Waals surface area contributed by atoms with Crippen molar-refractivity contribution in [3.05, 3.63) is 0 Å². The van der Waals surface area contributed by atoms with E-state index in [1.165, 1.54) is 24.2 Å². The average Bonchev–Trinajstić information content (AvgIpc) is 2.84. The van der Waals surface area contributed by atoms with Crippen LogP contribution in [0.1, 0.15) is 71.1 Å². The van der Waals surface area contributed by atoms with Crippen molar-refractivity contribution in [2.45, 2.75) is 82.7 Å². The van der Waals surface area contributed by atoms with E-state index in [1.807, 2.05) is 0 Å². The van der Waals surface area contributed by atoms with Crippen molar-refractivity contribution in [1.82, 2.24) is 10.2 Å². The average molecular weight is 358 g/mol. The third kappa shape index (κ3) is 2.45. The van der Waals surface area contributed by atoms with E-state index in [2.05, 4.69) is 5.32 Å². The van der Waals surface area contributed by atoms with Crippen molar-refractivity contribution in [3.8, 4) is 0 Å². The topological polar surface area (TPSA) is 66.5 Å². The van der Waals surface area contributed by atoms with Crippen molar-refractivity contribution in [2.75, 3.05) is 0 Å². The normalized spacial score (nSPS) is 45.0. The van der Waals surface area contributed by atoms with Gasteiger partial charge in [-0.25, -0.2) is 0 Å². The predicted molar refractivity (Wildman–Crippen MR) is 95.8 cm³/mol. The first kappa shape index (κ1) is 16.8. The molecule has 3 atom stereocenters. The Morgan fingerprint density at radius 3 is 1.88 bits per heavy atom. The summed E-state index contributed by atoms with van der Waals surface area (Å²) >= 11 is 0. The second kappa shape index (κ2) is 5.80. The molecule has 142 valence electrons. The Balaban J connectivity index is 1.31. The van der Waals surface area contributed by atoms with Gasteiger partial charge < -0.3 is 5.32 Å². The summed E-state index contributed by atoms with van der Waals surface area (Å²) < 4.78 is 0. The highest BCUT2D eigenvalue weighted by Gasteiger charge is 2.54.